The highest BCUT2D eigenvalue weighted by Gasteiger charge is 2.16. The van der Waals surface area contributed by atoms with Crippen LogP contribution in [0.25, 0.3) is 0 Å². The number of hydrogen-bond acceptors (Lipinski definition) is 5. The van der Waals surface area contributed by atoms with Gasteiger partial charge in [-0.15, -0.1) is 11.8 Å². The SMILES string of the molecule is CC(=O)c1ccc(SCC(=O)OC(C)(C)C)cc1N. The zero-order chi connectivity index (χ0) is 14.6. The molecule has 0 fully saturated rings. The van der Waals surface area contributed by atoms with Gasteiger partial charge in [-0.05, 0) is 45.9 Å². The molecule has 0 radical (unpaired) electrons. The molecule has 1 aromatic rings. The summed E-state index contributed by atoms with van der Waals surface area (Å²) < 4.78 is 5.21. The minimum absolute atomic E-state index is 0.0683. The Labute approximate surface area is 117 Å². The zero-order valence-corrected chi connectivity index (χ0v) is 12.5. The molecule has 1 rings (SSSR count). The first kappa shape index (κ1) is 15.6. The third kappa shape index (κ3) is 5.34. The molecule has 0 aliphatic rings. The summed E-state index contributed by atoms with van der Waals surface area (Å²) in [5, 5.41) is 0. The predicted octanol–water partition coefficient (Wildman–Crippen LogP) is 2.91. The van der Waals surface area contributed by atoms with Gasteiger partial charge in [-0.2, -0.15) is 0 Å². The topological polar surface area (TPSA) is 69.4 Å². The molecule has 0 spiro atoms. The third-order valence-corrected chi connectivity index (χ3v) is 3.15. The smallest absolute Gasteiger partial charge is 0.316 e. The highest BCUT2D eigenvalue weighted by atomic mass is 32.2. The van der Waals surface area contributed by atoms with E-state index in [0.717, 1.165) is 4.90 Å². The number of ether oxygens (including phenoxy) is 1. The molecule has 4 nitrogen and oxygen atoms in total. The van der Waals surface area contributed by atoms with E-state index in [9.17, 15) is 9.59 Å². The largest absolute Gasteiger partial charge is 0.459 e. The lowest BCUT2D eigenvalue weighted by molar-refractivity contribution is -0.151. The second kappa shape index (κ2) is 6.10. The fourth-order valence-electron chi connectivity index (χ4n) is 1.46. The van der Waals surface area contributed by atoms with Gasteiger partial charge in [0.2, 0.25) is 0 Å². The Bertz CT molecular complexity index is 492. The molecule has 0 bridgehead atoms. The van der Waals surface area contributed by atoms with Crippen molar-refractivity contribution in [2.75, 3.05) is 11.5 Å². The van der Waals surface area contributed by atoms with Crippen LogP contribution in [0.1, 0.15) is 38.1 Å². The Balaban J connectivity index is 2.62. The maximum atomic E-state index is 11.6. The van der Waals surface area contributed by atoms with Crippen molar-refractivity contribution in [2.24, 2.45) is 0 Å². The Morgan fingerprint density at radius 1 is 1.32 bits per heavy atom. The normalized spacial score (nSPS) is 11.2. The number of benzene rings is 1. The van der Waals surface area contributed by atoms with Crippen molar-refractivity contribution < 1.29 is 14.3 Å². The average Bonchev–Trinajstić information content (AvgIpc) is 2.23. The molecule has 104 valence electrons. The molecule has 0 atom stereocenters. The van der Waals surface area contributed by atoms with E-state index in [1.165, 1.54) is 18.7 Å². The number of hydrogen-bond donors (Lipinski definition) is 1. The van der Waals surface area contributed by atoms with Crippen molar-refractivity contribution in [1.29, 1.82) is 0 Å². The molecular formula is C14H19NO3S. The van der Waals surface area contributed by atoms with Crippen LogP contribution in [0.2, 0.25) is 0 Å². The Hall–Kier alpha value is -1.49. The minimum Gasteiger partial charge on any atom is -0.459 e. The van der Waals surface area contributed by atoms with E-state index in [1.54, 1.807) is 18.2 Å². The van der Waals surface area contributed by atoms with Crippen molar-refractivity contribution in [2.45, 2.75) is 38.2 Å². The number of nitrogens with two attached hydrogens (primary N) is 1. The number of Topliss-reactive ketones (excluding diaryl/α,β-unsaturated/α-hetero) is 1. The molecule has 0 saturated carbocycles. The molecule has 2 N–H and O–H groups in total. The number of rotatable bonds is 4. The van der Waals surface area contributed by atoms with Crippen molar-refractivity contribution >= 4 is 29.2 Å². The third-order valence-electron chi connectivity index (χ3n) is 2.18. The number of nitrogen functional groups attached to an aromatic ring is 1. The molecule has 0 amide bonds. The molecule has 0 unspecified atom stereocenters. The average molecular weight is 281 g/mol. The van der Waals surface area contributed by atoms with Crippen LogP contribution in [0.5, 0.6) is 0 Å². The number of thioether (sulfide) groups is 1. The fraction of sp³-hybridized carbons (Fsp3) is 0.429. The van der Waals surface area contributed by atoms with Gasteiger partial charge >= 0.3 is 5.97 Å². The van der Waals surface area contributed by atoms with Gasteiger partial charge in [-0.1, -0.05) is 0 Å². The second-order valence-electron chi connectivity index (χ2n) is 5.18. The summed E-state index contributed by atoms with van der Waals surface area (Å²) >= 11 is 1.34. The van der Waals surface area contributed by atoms with Crippen LogP contribution in [0.4, 0.5) is 5.69 Å². The molecule has 0 saturated heterocycles. The van der Waals surface area contributed by atoms with Crippen LogP contribution in [-0.2, 0) is 9.53 Å². The van der Waals surface area contributed by atoms with E-state index >= 15 is 0 Å². The van der Waals surface area contributed by atoms with Crippen molar-refractivity contribution in [3.8, 4) is 0 Å². The number of esters is 1. The molecule has 5 heteroatoms. The maximum Gasteiger partial charge on any atom is 0.316 e. The van der Waals surface area contributed by atoms with E-state index < -0.39 is 5.60 Å². The summed E-state index contributed by atoms with van der Waals surface area (Å²) in [6.07, 6.45) is 0. The van der Waals surface area contributed by atoms with Gasteiger partial charge in [0.1, 0.15) is 5.60 Å². The van der Waals surface area contributed by atoms with E-state index in [-0.39, 0.29) is 17.5 Å². The van der Waals surface area contributed by atoms with Crippen LogP contribution in [0.15, 0.2) is 23.1 Å². The summed E-state index contributed by atoms with van der Waals surface area (Å²) in [6, 6.07) is 5.16. The van der Waals surface area contributed by atoms with E-state index in [1.807, 2.05) is 20.8 Å². The first-order chi connectivity index (χ1) is 8.69. The molecule has 1 aromatic carbocycles. The van der Waals surface area contributed by atoms with E-state index in [4.69, 9.17) is 10.5 Å². The van der Waals surface area contributed by atoms with E-state index in [2.05, 4.69) is 0 Å². The summed E-state index contributed by atoms with van der Waals surface area (Å²) in [4.78, 5) is 23.6. The van der Waals surface area contributed by atoms with Crippen molar-refractivity contribution in [3.63, 3.8) is 0 Å². The first-order valence-corrected chi connectivity index (χ1v) is 6.93. The number of carbonyl (C=O) groups is 2. The highest BCUT2D eigenvalue weighted by molar-refractivity contribution is 8.00. The predicted molar refractivity (Wildman–Crippen MR) is 77.4 cm³/mol. The van der Waals surface area contributed by atoms with Crippen LogP contribution in [0, 0.1) is 0 Å². The molecule has 0 aliphatic carbocycles. The lowest BCUT2D eigenvalue weighted by atomic mass is 10.1. The molecular weight excluding hydrogens is 262 g/mol. The molecule has 0 heterocycles. The first-order valence-electron chi connectivity index (χ1n) is 5.94. The zero-order valence-electron chi connectivity index (χ0n) is 11.6. The number of ketones is 1. The van der Waals surface area contributed by atoms with Gasteiger partial charge in [0, 0.05) is 16.1 Å². The standard InChI is InChI=1S/C14H19NO3S/c1-9(16)11-6-5-10(7-12(11)15)19-8-13(17)18-14(2,3)4/h5-7H,8,15H2,1-4H3. The monoisotopic (exact) mass is 281 g/mol. The van der Waals surface area contributed by atoms with Gasteiger partial charge in [0.05, 0.1) is 5.75 Å². The van der Waals surface area contributed by atoms with E-state index in [0.29, 0.717) is 11.3 Å². The molecule has 0 aromatic heterocycles. The lowest BCUT2D eigenvalue weighted by Crippen LogP contribution is -2.24. The quantitative estimate of drug-likeness (QED) is 0.398. The van der Waals surface area contributed by atoms with Crippen LogP contribution in [-0.4, -0.2) is 23.1 Å². The second-order valence-corrected chi connectivity index (χ2v) is 6.23. The number of anilines is 1. The summed E-state index contributed by atoms with van der Waals surface area (Å²) in [5.74, 6) is -0.122. The highest BCUT2D eigenvalue weighted by Crippen LogP contribution is 2.24. The Morgan fingerprint density at radius 2 is 1.95 bits per heavy atom. The van der Waals surface area contributed by atoms with Crippen LogP contribution in [0.3, 0.4) is 0 Å². The summed E-state index contributed by atoms with van der Waals surface area (Å²) in [5.41, 5.74) is 6.24. The maximum absolute atomic E-state index is 11.6. The lowest BCUT2D eigenvalue weighted by Gasteiger charge is -2.19. The Morgan fingerprint density at radius 3 is 2.42 bits per heavy atom. The molecule has 19 heavy (non-hydrogen) atoms. The van der Waals surface area contributed by atoms with Gasteiger partial charge < -0.3 is 10.5 Å². The van der Waals surface area contributed by atoms with Gasteiger partial charge in [0.15, 0.2) is 5.78 Å². The van der Waals surface area contributed by atoms with Gasteiger partial charge in [-0.3, -0.25) is 9.59 Å². The number of carbonyl (C=O) groups excluding carboxylic acids is 2. The van der Waals surface area contributed by atoms with Crippen LogP contribution >= 0.6 is 11.8 Å². The van der Waals surface area contributed by atoms with Gasteiger partial charge in [-0.25, -0.2) is 0 Å². The van der Waals surface area contributed by atoms with Crippen molar-refractivity contribution in [1.82, 2.24) is 0 Å². The fourth-order valence-corrected chi connectivity index (χ4v) is 2.18. The molecule has 0 aliphatic heterocycles. The van der Waals surface area contributed by atoms with Gasteiger partial charge in [0.25, 0.3) is 0 Å². The van der Waals surface area contributed by atoms with Crippen molar-refractivity contribution in [3.05, 3.63) is 23.8 Å². The minimum atomic E-state index is -0.477. The van der Waals surface area contributed by atoms with Crippen LogP contribution < -0.4 is 5.73 Å². The Kier molecular flexibility index (Phi) is 5.00. The summed E-state index contributed by atoms with van der Waals surface area (Å²) in [6.45, 7) is 6.96. The summed E-state index contributed by atoms with van der Waals surface area (Å²) in [7, 11) is 0.